The Kier molecular flexibility index (Phi) is 6.17. The number of aryl methyl sites for hydroxylation is 1. The average Bonchev–Trinajstić information content (AvgIpc) is 3.00. The van der Waals surface area contributed by atoms with Crippen LogP contribution in [-0.4, -0.2) is 54.7 Å². The largest absolute Gasteiger partial charge is 0.360 e. The summed E-state index contributed by atoms with van der Waals surface area (Å²) in [4.78, 5) is 2.44. The second-order valence-corrected chi connectivity index (χ2v) is 9.69. The zero-order valence-electron chi connectivity index (χ0n) is 15.5. The summed E-state index contributed by atoms with van der Waals surface area (Å²) in [6.45, 7) is 8.35. The summed E-state index contributed by atoms with van der Waals surface area (Å²) in [5.41, 5.74) is 0.940. The molecule has 0 N–H and O–H groups in total. The van der Waals surface area contributed by atoms with Crippen LogP contribution in [0.2, 0.25) is 0 Å². The van der Waals surface area contributed by atoms with E-state index in [9.17, 15) is 8.42 Å². The predicted molar refractivity (Wildman–Crippen MR) is 97.6 cm³/mol. The minimum absolute atomic E-state index is 0.289. The first-order chi connectivity index (χ1) is 12.0. The van der Waals surface area contributed by atoms with Crippen molar-refractivity contribution < 1.29 is 12.9 Å². The molecule has 0 atom stereocenters. The molecule has 6 nitrogen and oxygen atoms in total. The monoisotopic (exact) mass is 369 g/mol. The minimum atomic E-state index is -3.02. The topological polar surface area (TPSA) is 66.7 Å². The van der Waals surface area contributed by atoms with Gasteiger partial charge in [0, 0.05) is 19.2 Å². The van der Waals surface area contributed by atoms with Crippen LogP contribution in [0.4, 0.5) is 0 Å². The fraction of sp³-hybridized carbons (Fsp3) is 0.833. The van der Waals surface area contributed by atoms with Gasteiger partial charge in [-0.15, -0.1) is 0 Å². The van der Waals surface area contributed by atoms with Gasteiger partial charge in [-0.1, -0.05) is 12.1 Å². The maximum Gasteiger partial charge on any atom is 0.214 e. The first kappa shape index (κ1) is 18.9. The second kappa shape index (κ2) is 8.18. The Labute approximate surface area is 151 Å². The third kappa shape index (κ3) is 4.83. The highest BCUT2D eigenvalue weighted by Gasteiger charge is 2.33. The van der Waals surface area contributed by atoms with Crippen molar-refractivity contribution in [3.63, 3.8) is 0 Å². The number of piperidine rings is 2. The molecular formula is C18H31N3O3S. The molecule has 2 aliphatic heterocycles. The van der Waals surface area contributed by atoms with E-state index in [2.05, 4.69) is 10.1 Å². The van der Waals surface area contributed by atoms with E-state index in [1.54, 1.807) is 4.31 Å². The molecule has 0 spiro atoms. The first-order valence-corrected chi connectivity index (χ1v) is 11.2. The Morgan fingerprint density at radius 2 is 1.72 bits per heavy atom. The molecule has 7 heteroatoms. The van der Waals surface area contributed by atoms with Gasteiger partial charge in [-0.3, -0.25) is 4.90 Å². The fourth-order valence-electron chi connectivity index (χ4n) is 4.31. The third-order valence-electron chi connectivity index (χ3n) is 5.71. The van der Waals surface area contributed by atoms with Crippen LogP contribution in [0.3, 0.4) is 0 Å². The molecule has 0 saturated carbocycles. The van der Waals surface area contributed by atoms with Crippen molar-refractivity contribution in [2.45, 2.75) is 52.5 Å². The maximum absolute atomic E-state index is 12.2. The smallest absolute Gasteiger partial charge is 0.214 e. The Hall–Kier alpha value is -0.920. The second-order valence-electron chi connectivity index (χ2n) is 7.60. The van der Waals surface area contributed by atoms with Crippen LogP contribution in [0.1, 0.15) is 50.5 Å². The van der Waals surface area contributed by atoms with Crippen molar-refractivity contribution in [2.24, 2.45) is 11.8 Å². The van der Waals surface area contributed by atoms with Gasteiger partial charge < -0.3 is 4.52 Å². The molecule has 0 bridgehead atoms. The van der Waals surface area contributed by atoms with Crippen molar-refractivity contribution in [1.82, 2.24) is 14.4 Å². The van der Waals surface area contributed by atoms with E-state index in [4.69, 9.17) is 4.52 Å². The lowest BCUT2D eigenvalue weighted by Gasteiger charge is -2.39. The summed E-state index contributed by atoms with van der Waals surface area (Å²) in [6, 6.07) is 2.01. The first-order valence-electron chi connectivity index (χ1n) is 9.60. The Balaban J connectivity index is 1.43. The number of hydrogen-bond acceptors (Lipinski definition) is 5. The highest BCUT2D eigenvalue weighted by atomic mass is 32.2. The van der Waals surface area contributed by atoms with E-state index in [-0.39, 0.29) is 5.75 Å². The Morgan fingerprint density at radius 3 is 2.24 bits per heavy atom. The van der Waals surface area contributed by atoms with Crippen LogP contribution >= 0.6 is 0 Å². The predicted octanol–water partition coefficient (Wildman–Crippen LogP) is 2.65. The number of rotatable bonds is 6. The van der Waals surface area contributed by atoms with Gasteiger partial charge in [0.2, 0.25) is 10.0 Å². The molecule has 0 unspecified atom stereocenters. The Bertz CT molecular complexity index is 642. The summed E-state index contributed by atoms with van der Waals surface area (Å²) < 4.78 is 31.4. The van der Waals surface area contributed by atoms with E-state index in [0.29, 0.717) is 25.4 Å². The van der Waals surface area contributed by atoms with Crippen molar-refractivity contribution in [1.29, 1.82) is 0 Å². The van der Waals surface area contributed by atoms with E-state index in [0.717, 1.165) is 49.8 Å². The van der Waals surface area contributed by atoms with Gasteiger partial charge in [0.05, 0.1) is 18.0 Å². The maximum atomic E-state index is 12.2. The van der Waals surface area contributed by atoms with Gasteiger partial charge in [0.15, 0.2) is 5.76 Å². The van der Waals surface area contributed by atoms with Crippen LogP contribution in [0.5, 0.6) is 0 Å². The van der Waals surface area contributed by atoms with E-state index >= 15 is 0 Å². The number of sulfonamides is 1. The van der Waals surface area contributed by atoms with Gasteiger partial charge in [-0.2, -0.15) is 0 Å². The highest BCUT2D eigenvalue weighted by Crippen LogP contribution is 2.33. The van der Waals surface area contributed by atoms with Crippen LogP contribution in [-0.2, 0) is 16.6 Å². The molecule has 0 aromatic carbocycles. The molecule has 3 rings (SSSR count). The normalized spacial score (nSPS) is 22.5. The zero-order valence-corrected chi connectivity index (χ0v) is 16.3. The van der Waals surface area contributed by atoms with E-state index in [1.807, 2.05) is 19.9 Å². The summed E-state index contributed by atoms with van der Waals surface area (Å²) in [5.74, 6) is 2.66. The van der Waals surface area contributed by atoms with Crippen LogP contribution < -0.4 is 0 Å². The molecule has 142 valence electrons. The van der Waals surface area contributed by atoms with E-state index in [1.165, 1.54) is 12.8 Å². The molecule has 1 aromatic heterocycles. The summed E-state index contributed by atoms with van der Waals surface area (Å²) in [6.07, 6.45) is 5.16. The van der Waals surface area contributed by atoms with Crippen LogP contribution in [0.25, 0.3) is 0 Å². The van der Waals surface area contributed by atoms with Gasteiger partial charge in [0.25, 0.3) is 0 Å². The molecule has 0 amide bonds. The molecule has 0 aliphatic carbocycles. The molecule has 2 fully saturated rings. The summed E-state index contributed by atoms with van der Waals surface area (Å²) >= 11 is 0. The SMILES string of the molecule is CCCS(=O)(=O)N1CCC(C2CCN(Cc3cc(C)no3)CC2)CC1. The molecule has 3 heterocycles. The molecule has 25 heavy (non-hydrogen) atoms. The number of likely N-dealkylation sites (tertiary alicyclic amines) is 1. The lowest BCUT2D eigenvalue weighted by Crippen LogP contribution is -2.43. The molecular weight excluding hydrogens is 338 g/mol. The van der Waals surface area contributed by atoms with E-state index < -0.39 is 10.0 Å². The van der Waals surface area contributed by atoms with Gasteiger partial charge in [-0.25, -0.2) is 12.7 Å². The van der Waals surface area contributed by atoms with Gasteiger partial charge >= 0.3 is 0 Å². The van der Waals surface area contributed by atoms with Crippen molar-refractivity contribution >= 4 is 10.0 Å². The van der Waals surface area contributed by atoms with Gasteiger partial charge in [-0.05, 0) is 64.0 Å². The molecule has 0 radical (unpaired) electrons. The lowest BCUT2D eigenvalue weighted by atomic mass is 9.79. The molecule has 2 saturated heterocycles. The third-order valence-corrected chi connectivity index (χ3v) is 7.79. The minimum Gasteiger partial charge on any atom is -0.360 e. The Morgan fingerprint density at radius 1 is 1.12 bits per heavy atom. The molecule has 1 aromatic rings. The number of hydrogen-bond donors (Lipinski definition) is 0. The fourth-order valence-corrected chi connectivity index (χ4v) is 5.85. The van der Waals surface area contributed by atoms with Gasteiger partial charge in [0.1, 0.15) is 0 Å². The van der Waals surface area contributed by atoms with Crippen molar-refractivity contribution in [3.8, 4) is 0 Å². The summed E-state index contributed by atoms with van der Waals surface area (Å²) in [7, 11) is -3.02. The van der Waals surface area contributed by atoms with Crippen molar-refractivity contribution in [2.75, 3.05) is 31.9 Å². The molecule has 2 aliphatic rings. The van der Waals surface area contributed by atoms with Crippen LogP contribution in [0, 0.1) is 18.8 Å². The van der Waals surface area contributed by atoms with Crippen LogP contribution in [0.15, 0.2) is 10.6 Å². The quantitative estimate of drug-likeness (QED) is 0.771. The standard InChI is InChI=1S/C18H31N3O3S/c1-3-12-25(22,23)21-10-6-17(7-11-21)16-4-8-20(9-5-16)14-18-13-15(2)19-24-18/h13,16-17H,3-12,14H2,1-2H3. The van der Waals surface area contributed by atoms with Crippen molar-refractivity contribution in [3.05, 3.63) is 17.5 Å². The zero-order chi connectivity index (χ0) is 17.9. The summed E-state index contributed by atoms with van der Waals surface area (Å²) in [5, 5.41) is 3.96. The average molecular weight is 370 g/mol. The number of nitrogens with zero attached hydrogens (tertiary/aromatic N) is 3. The number of aromatic nitrogens is 1. The highest BCUT2D eigenvalue weighted by molar-refractivity contribution is 7.89. The lowest BCUT2D eigenvalue weighted by molar-refractivity contribution is 0.107.